The average molecular weight is 251 g/mol. The molecule has 0 radical (unpaired) electrons. The first-order chi connectivity index (χ1) is 8.50. The minimum atomic E-state index is -1.50. The number of carboxylic acids is 1. The molecule has 1 heterocycles. The van der Waals surface area contributed by atoms with Crippen LogP contribution in [0, 0.1) is 15.9 Å². The van der Waals surface area contributed by atoms with E-state index in [0.717, 1.165) is 6.07 Å². The number of nitro groups is 1. The molecule has 0 amide bonds. The number of hydrogen-bond donors (Lipinski definition) is 1. The second kappa shape index (κ2) is 4.24. The third kappa shape index (κ3) is 1.90. The van der Waals surface area contributed by atoms with Gasteiger partial charge in [-0.3, -0.25) is 10.1 Å². The second-order valence-corrected chi connectivity index (χ2v) is 3.35. The lowest BCUT2D eigenvalue weighted by Gasteiger charge is -2.06. The highest BCUT2D eigenvalue weighted by atomic mass is 19.1. The first kappa shape index (κ1) is 11.7. The summed E-state index contributed by atoms with van der Waals surface area (Å²) in [6.07, 6.45) is 4.03. The van der Waals surface area contributed by atoms with E-state index in [4.69, 9.17) is 5.11 Å². The van der Waals surface area contributed by atoms with Gasteiger partial charge in [-0.1, -0.05) is 0 Å². The van der Waals surface area contributed by atoms with E-state index in [2.05, 4.69) is 4.98 Å². The minimum absolute atomic E-state index is 0.115. The maximum atomic E-state index is 13.7. The van der Waals surface area contributed by atoms with Crippen molar-refractivity contribution in [2.45, 2.75) is 0 Å². The van der Waals surface area contributed by atoms with E-state index in [1.54, 1.807) is 0 Å². The van der Waals surface area contributed by atoms with Gasteiger partial charge < -0.3 is 9.67 Å². The number of aromatic carboxylic acids is 1. The Morgan fingerprint density at radius 1 is 1.50 bits per heavy atom. The zero-order valence-electron chi connectivity index (χ0n) is 8.78. The molecule has 0 saturated carbocycles. The summed E-state index contributed by atoms with van der Waals surface area (Å²) in [5, 5.41) is 19.5. The normalized spacial score (nSPS) is 10.3. The Bertz CT molecular complexity index is 624. The van der Waals surface area contributed by atoms with Gasteiger partial charge in [0.2, 0.25) is 0 Å². The summed E-state index contributed by atoms with van der Waals surface area (Å²) in [6, 6.07) is 1.48. The van der Waals surface area contributed by atoms with Gasteiger partial charge in [0, 0.05) is 12.4 Å². The summed E-state index contributed by atoms with van der Waals surface area (Å²) >= 11 is 0. The highest BCUT2D eigenvalue weighted by Gasteiger charge is 2.23. The molecule has 1 N–H and O–H groups in total. The van der Waals surface area contributed by atoms with E-state index in [0.29, 0.717) is 6.07 Å². The van der Waals surface area contributed by atoms with Crippen LogP contribution in [0.1, 0.15) is 10.4 Å². The van der Waals surface area contributed by atoms with Gasteiger partial charge in [0.05, 0.1) is 23.0 Å². The lowest BCUT2D eigenvalue weighted by molar-refractivity contribution is -0.385. The molecular formula is C10H6FN3O4. The van der Waals surface area contributed by atoms with Crippen molar-refractivity contribution in [3.8, 4) is 5.69 Å². The van der Waals surface area contributed by atoms with E-state index < -0.39 is 28.0 Å². The second-order valence-electron chi connectivity index (χ2n) is 3.35. The van der Waals surface area contributed by atoms with Crippen LogP contribution in [0.5, 0.6) is 0 Å². The van der Waals surface area contributed by atoms with E-state index in [9.17, 15) is 19.3 Å². The van der Waals surface area contributed by atoms with Crippen molar-refractivity contribution in [2.24, 2.45) is 0 Å². The van der Waals surface area contributed by atoms with Gasteiger partial charge in [0.15, 0.2) is 5.82 Å². The van der Waals surface area contributed by atoms with Crippen molar-refractivity contribution in [3.63, 3.8) is 0 Å². The van der Waals surface area contributed by atoms with E-state index >= 15 is 0 Å². The number of benzene rings is 1. The van der Waals surface area contributed by atoms with Gasteiger partial charge in [-0.25, -0.2) is 14.2 Å². The van der Waals surface area contributed by atoms with Gasteiger partial charge in [0.25, 0.3) is 5.69 Å². The topological polar surface area (TPSA) is 98.3 Å². The Labute approximate surface area is 99.3 Å². The molecule has 18 heavy (non-hydrogen) atoms. The number of halogens is 1. The van der Waals surface area contributed by atoms with E-state index in [1.807, 2.05) is 0 Å². The highest BCUT2D eigenvalue weighted by molar-refractivity contribution is 5.93. The van der Waals surface area contributed by atoms with Crippen LogP contribution < -0.4 is 0 Å². The summed E-state index contributed by atoms with van der Waals surface area (Å²) < 4.78 is 14.9. The summed E-state index contributed by atoms with van der Waals surface area (Å²) in [5.74, 6) is -2.40. The lowest BCUT2D eigenvalue weighted by atomic mass is 10.1. The fourth-order valence-electron chi connectivity index (χ4n) is 1.47. The Morgan fingerprint density at radius 3 is 2.72 bits per heavy atom. The maximum Gasteiger partial charge on any atom is 0.342 e. The molecule has 0 aliphatic heterocycles. The molecule has 0 spiro atoms. The molecule has 92 valence electrons. The molecule has 7 nitrogen and oxygen atoms in total. The summed E-state index contributed by atoms with van der Waals surface area (Å²) in [7, 11) is 0. The first-order valence-corrected chi connectivity index (χ1v) is 4.70. The molecule has 0 bridgehead atoms. The number of aromatic nitrogens is 2. The van der Waals surface area contributed by atoms with Crippen molar-refractivity contribution in [1.82, 2.24) is 9.55 Å². The van der Waals surface area contributed by atoms with Gasteiger partial charge in [-0.15, -0.1) is 0 Å². The van der Waals surface area contributed by atoms with Crippen LogP contribution >= 0.6 is 0 Å². The summed E-state index contributed by atoms with van der Waals surface area (Å²) in [6.45, 7) is 0. The van der Waals surface area contributed by atoms with Gasteiger partial charge in [-0.2, -0.15) is 0 Å². The quantitative estimate of drug-likeness (QED) is 0.660. The predicted octanol–water partition coefficient (Wildman–Crippen LogP) is 1.62. The number of rotatable bonds is 3. The Hall–Kier alpha value is -2.77. The van der Waals surface area contributed by atoms with Gasteiger partial charge >= 0.3 is 5.97 Å². The molecule has 8 heteroatoms. The molecule has 1 aromatic heterocycles. The molecular weight excluding hydrogens is 245 g/mol. The number of imidazole rings is 1. The Balaban J connectivity index is 2.68. The zero-order valence-corrected chi connectivity index (χ0v) is 8.78. The monoisotopic (exact) mass is 251 g/mol. The SMILES string of the molecule is O=C(O)c1cc(-n2ccnc2)c(F)cc1[N+](=O)[O-]. The summed E-state index contributed by atoms with van der Waals surface area (Å²) in [4.78, 5) is 24.3. The molecule has 0 aliphatic rings. The maximum absolute atomic E-state index is 13.7. The number of hydrogen-bond acceptors (Lipinski definition) is 4. The third-order valence-corrected chi connectivity index (χ3v) is 2.27. The molecule has 1 aromatic carbocycles. The van der Waals surface area contributed by atoms with Crippen molar-refractivity contribution in [2.75, 3.05) is 0 Å². The standard InChI is InChI=1S/C10H6FN3O4/c11-7-4-8(14(17)18)6(10(15)16)3-9(7)13-2-1-12-5-13/h1-5H,(H,15,16). The minimum Gasteiger partial charge on any atom is -0.477 e. The number of carbonyl (C=O) groups is 1. The number of nitro benzene ring substituents is 1. The van der Waals surface area contributed by atoms with Crippen LogP contribution in [0.15, 0.2) is 30.9 Å². The Morgan fingerprint density at radius 2 is 2.22 bits per heavy atom. The first-order valence-electron chi connectivity index (χ1n) is 4.70. The predicted molar refractivity (Wildman–Crippen MR) is 57.1 cm³/mol. The molecule has 2 rings (SSSR count). The van der Waals surface area contributed by atoms with Crippen molar-refractivity contribution in [1.29, 1.82) is 0 Å². The van der Waals surface area contributed by atoms with Crippen LogP contribution in [0.2, 0.25) is 0 Å². The van der Waals surface area contributed by atoms with Crippen molar-refractivity contribution < 1.29 is 19.2 Å². The van der Waals surface area contributed by atoms with Crippen LogP contribution in [-0.4, -0.2) is 25.6 Å². The van der Waals surface area contributed by atoms with Crippen LogP contribution in [0.25, 0.3) is 5.69 Å². The number of carboxylic acid groups (broad SMARTS) is 1. The largest absolute Gasteiger partial charge is 0.477 e. The van der Waals surface area contributed by atoms with E-state index in [-0.39, 0.29) is 5.69 Å². The lowest BCUT2D eigenvalue weighted by Crippen LogP contribution is -2.06. The van der Waals surface area contributed by atoms with Crippen molar-refractivity contribution in [3.05, 3.63) is 52.3 Å². The van der Waals surface area contributed by atoms with Gasteiger partial charge in [-0.05, 0) is 6.07 Å². The highest BCUT2D eigenvalue weighted by Crippen LogP contribution is 2.25. The molecule has 2 aromatic rings. The molecule has 0 fully saturated rings. The van der Waals surface area contributed by atoms with E-state index in [1.165, 1.54) is 23.3 Å². The number of nitrogens with zero attached hydrogens (tertiary/aromatic N) is 3. The van der Waals surface area contributed by atoms with Crippen molar-refractivity contribution >= 4 is 11.7 Å². The fraction of sp³-hybridized carbons (Fsp3) is 0. The van der Waals surface area contributed by atoms with Crippen LogP contribution in [-0.2, 0) is 0 Å². The Kier molecular flexibility index (Phi) is 2.76. The van der Waals surface area contributed by atoms with Crippen LogP contribution in [0.4, 0.5) is 10.1 Å². The smallest absolute Gasteiger partial charge is 0.342 e. The van der Waals surface area contributed by atoms with Crippen LogP contribution in [0.3, 0.4) is 0 Å². The molecule has 0 saturated heterocycles. The van der Waals surface area contributed by atoms with Gasteiger partial charge in [0.1, 0.15) is 5.56 Å². The fourth-order valence-corrected chi connectivity index (χ4v) is 1.47. The molecule has 0 aliphatic carbocycles. The molecule has 0 atom stereocenters. The third-order valence-electron chi connectivity index (χ3n) is 2.27. The summed E-state index contributed by atoms with van der Waals surface area (Å²) in [5.41, 5.74) is -1.48. The zero-order chi connectivity index (χ0) is 13.3. The average Bonchev–Trinajstić information content (AvgIpc) is 2.81. The molecule has 0 unspecified atom stereocenters.